The largest absolute Gasteiger partial charge is 0.338 e. The molecule has 10 heteroatoms. The molecule has 0 aliphatic carbocycles. The van der Waals surface area contributed by atoms with Gasteiger partial charge in [0.05, 0.1) is 9.82 Å². The van der Waals surface area contributed by atoms with E-state index in [1.54, 1.807) is 42.0 Å². The van der Waals surface area contributed by atoms with Crippen LogP contribution in [0.4, 0.5) is 11.4 Å². The van der Waals surface area contributed by atoms with Crippen LogP contribution in [0.15, 0.2) is 53.6 Å². The summed E-state index contributed by atoms with van der Waals surface area (Å²) in [4.78, 5) is 23.4. The molecule has 4 rings (SSSR count). The SMILES string of the molecule is Cc1ccc(S(=O)(=O)N2CCCCC2)cc1NC(=O)Cn1ccc2cc([N+](=O)[O-])ccc21. The molecular weight excluding hydrogens is 432 g/mol. The molecule has 0 unspecified atom stereocenters. The van der Waals surface area contributed by atoms with Gasteiger partial charge in [0.2, 0.25) is 15.9 Å². The molecule has 1 amide bonds. The van der Waals surface area contributed by atoms with Crippen LogP contribution in [0.3, 0.4) is 0 Å². The normalized spacial score (nSPS) is 15.0. The Morgan fingerprint density at radius 2 is 1.84 bits per heavy atom. The molecule has 1 aliphatic rings. The Balaban J connectivity index is 1.53. The number of benzene rings is 2. The number of hydrogen-bond acceptors (Lipinski definition) is 5. The van der Waals surface area contributed by atoms with Crippen molar-refractivity contribution in [1.82, 2.24) is 8.87 Å². The Hall–Kier alpha value is -3.24. The first-order valence-electron chi connectivity index (χ1n) is 10.4. The number of nitro benzene ring substituents is 1. The number of nitrogens with zero attached hydrogens (tertiary/aromatic N) is 3. The van der Waals surface area contributed by atoms with Gasteiger partial charge in [-0.25, -0.2) is 8.42 Å². The average Bonchev–Trinajstić information content (AvgIpc) is 3.17. The summed E-state index contributed by atoms with van der Waals surface area (Å²) >= 11 is 0. The van der Waals surface area contributed by atoms with E-state index in [0.29, 0.717) is 29.7 Å². The van der Waals surface area contributed by atoms with E-state index in [-0.39, 0.29) is 23.0 Å². The molecule has 32 heavy (non-hydrogen) atoms. The molecule has 0 saturated carbocycles. The van der Waals surface area contributed by atoms with Gasteiger partial charge in [-0.2, -0.15) is 4.31 Å². The standard InChI is InChI=1S/C22H24N4O5S/c1-16-5-7-19(32(30,31)25-10-3-2-4-11-25)14-20(16)23-22(27)15-24-12-9-17-13-18(26(28)29)6-8-21(17)24/h5-9,12-14H,2-4,10-11,15H2,1H3,(H,23,27). The summed E-state index contributed by atoms with van der Waals surface area (Å²) in [6, 6.07) is 11.0. The predicted molar refractivity (Wildman–Crippen MR) is 121 cm³/mol. The number of aromatic nitrogens is 1. The molecule has 1 aliphatic heterocycles. The molecule has 1 fully saturated rings. The highest BCUT2D eigenvalue weighted by molar-refractivity contribution is 7.89. The van der Waals surface area contributed by atoms with Gasteiger partial charge in [-0.1, -0.05) is 12.5 Å². The van der Waals surface area contributed by atoms with E-state index in [2.05, 4.69) is 5.32 Å². The summed E-state index contributed by atoms with van der Waals surface area (Å²) in [7, 11) is -3.61. The maximum atomic E-state index is 13.0. The number of amides is 1. The quantitative estimate of drug-likeness (QED) is 0.449. The van der Waals surface area contributed by atoms with E-state index >= 15 is 0 Å². The second kappa shape index (κ2) is 8.71. The van der Waals surface area contributed by atoms with Crippen molar-refractivity contribution in [2.24, 2.45) is 0 Å². The Morgan fingerprint density at radius 1 is 1.09 bits per heavy atom. The number of hydrogen-bond donors (Lipinski definition) is 1. The molecule has 2 heterocycles. The number of fused-ring (bicyclic) bond motifs is 1. The van der Waals surface area contributed by atoms with Gasteiger partial charge in [-0.15, -0.1) is 0 Å². The number of non-ortho nitro benzene ring substituents is 1. The minimum Gasteiger partial charge on any atom is -0.338 e. The Morgan fingerprint density at radius 3 is 2.56 bits per heavy atom. The number of rotatable bonds is 6. The number of aryl methyl sites for hydroxylation is 1. The summed E-state index contributed by atoms with van der Waals surface area (Å²) in [5.41, 5.74) is 1.88. The monoisotopic (exact) mass is 456 g/mol. The number of anilines is 1. The Bertz CT molecular complexity index is 1290. The number of nitrogens with one attached hydrogen (secondary N) is 1. The second-order valence-electron chi connectivity index (χ2n) is 7.93. The molecule has 0 spiro atoms. The van der Waals surface area contributed by atoms with Gasteiger partial charge in [0.25, 0.3) is 5.69 Å². The summed E-state index contributed by atoms with van der Waals surface area (Å²) in [6.45, 7) is 2.81. The molecule has 3 aromatic rings. The first-order chi connectivity index (χ1) is 15.3. The summed E-state index contributed by atoms with van der Waals surface area (Å²) in [5, 5.41) is 14.4. The Labute approximate surface area is 185 Å². The first-order valence-corrected chi connectivity index (χ1v) is 11.8. The van der Waals surface area contributed by atoms with Gasteiger partial charge in [0.15, 0.2) is 0 Å². The van der Waals surface area contributed by atoms with Crippen molar-refractivity contribution in [3.05, 3.63) is 64.3 Å². The van der Waals surface area contributed by atoms with E-state index in [1.807, 2.05) is 0 Å². The fourth-order valence-corrected chi connectivity index (χ4v) is 5.48. The van der Waals surface area contributed by atoms with Crippen LogP contribution in [0, 0.1) is 17.0 Å². The van der Waals surface area contributed by atoms with Crippen molar-refractivity contribution < 1.29 is 18.1 Å². The number of carbonyl (C=O) groups is 1. The van der Waals surface area contributed by atoms with Crippen molar-refractivity contribution in [3.63, 3.8) is 0 Å². The zero-order valence-corrected chi connectivity index (χ0v) is 18.5. The van der Waals surface area contributed by atoms with Crippen LogP contribution >= 0.6 is 0 Å². The molecule has 1 N–H and O–H groups in total. The molecule has 0 radical (unpaired) electrons. The predicted octanol–water partition coefficient (Wildman–Crippen LogP) is 3.67. The van der Waals surface area contributed by atoms with Gasteiger partial charge in [0.1, 0.15) is 6.54 Å². The maximum absolute atomic E-state index is 13.0. The summed E-state index contributed by atoms with van der Waals surface area (Å²) in [5.74, 6) is -0.323. The van der Waals surface area contributed by atoms with Crippen molar-refractivity contribution in [3.8, 4) is 0 Å². The first kappa shape index (κ1) is 22.0. The van der Waals surface area contributed by atoms with Crippen molar-refractivity contribution in [2.75, 3.05) is 18.4 Å². The van der Waals surface area contributed by atoms with Crippen molar-refractivity contribution in [2.45, 2.75) is 37.6 Å². The number of piperidine rings is 1. The van der Waals surface area contributed by atoms with Crippen LogP contribution in [0.1, 0.15) is 24.8 Å². The maximum Gasteiger partial charge on any atom is 0.270 e. The molecule has 2 aromatic carbocycles. The number of sulfonamides is 1. The third-order valence-electron chi connectivity index (χ3n) is 5.72. The topological polar surface area (TPSA) is 115 Å². The third-order valence-corrected chi connectivity index (χ3v) is 7.61. The van der Waals surface area contributed by atoms with E-state index < -0.39 is 14.9 Å². The van der Waals surface area contributed by atoms with Crippen LogP contribution in [-0.2, 0) is 21.4 Å². The molecule has 0 atom stereocenters. The fraction of sp³-hybridized carbons (Fsp3) is 0.318. The molecule has 1 aromatic heterocycles. The lowest BCUT2D eigenvalue weighted by molar-refractivity contribution is -0.384. The van der Waals surface area contributed by atoms with Crippen molar-refractivity contribution in [1.29, 1.82) is 0 Å². The van der Waals surface area contributed by atoms with Gasteiger partial charge in [-0.3, -0.25) is 14.9 Å². The number of carbonyl (C=O) groups excluding carboxylic acids is 1. The van der Waals surface area contributed by atoms with E-state index in [4.69, 9.17) is 0 Å². The van der Waals surface area contributed by atoms with Gasteiger partial charge < -0.3 is 9.88 Å². The summed E-state index contributed by atoms with van der Waals surface area (Å²) < 4.78 is 29.1. The van der Waals surface area contributed by atoms with Crippen molar-refractivity contribution >= 4 is 38.2 Å². The second-order valence-corrected chi connectivity index (χ2v) is 9.87. The lowest BCUT2D eigenvalue weighted by Crippen LogP contribution is -2.35. The van der Waals surface area contributed by atoms with Crippen LogP contribution in [0.5, 0.6) is 0 Å². The highest BCUT2D eigenvalue weighted by Gasteiger charge is 2.26. The van der Waals surface area contributed by atoms with Gasteiger partial charge in [0, 0.05) is 48.0 Å². The lowest BCUT2D eigenvalue weighted by Gasteiger charge is -2.26. The van der Waals surface area contributed by atoms with Crippen LogP contribution < -0.4 is 5.32 Å². The van der Waals surface area contributed by atoms with Crippen LogP contribution in [0.25, 0.3) is 10.9 Å². The highest BCUT2D eigenvalue weighted by atomic mass is 32.2. The van der Waals surface area contributed by atoms with E-state index in [9.17, 15) is 23.3 Å². The molecule has 1 saturated heterocycles. The smallest absolute Gasteiger partial charge is 0.270 e. The fourth-order valence-electron chi connectivity index (χ4n) is 3.93. The molecule has 9 nitrogen and oxygen atoms in total. The average molecular weight is 457 g/mol. The van der Waals surface area contributed by atoms with Gasteiger partial charge >= 0.3 is 0 Å². The lowest BCUT2D eigenvalue weighted by atomic mass is 10.2. The van der Waals surface area contributed by atoms with Gasteiger partial charge in [-0.05, 0) is 49.6 Å². The minimum atomic E-state index is -3.61. The summed E-state index contributed by atoms with van der Waals surface area (Å²) in [6.07, 6.45) is 4.42. The zero-order chi connectivity index (χ0) is 22.9. The number of nitro groups is 1. The molecule has 168 valence electrons. The zero-order valence-electron chi connectivity index (χ0n) is 17.7. The minimum absolute atomic E-state index is 0.0101. The van der Waals surface area contributed by atoms with E-state index in [1.165, 1.54) is 22.5 Å². The molecular formula is C22H24N4O5S. The van der Waals surface area contributed by atoms with E-state index in [0.717, 1.165) is 24.8 Å². The molecule has 0 bridgehead atoms. The third kappa shape index (κ3) is 4.37. The Kier molecular flexibility index (Phi) is 5.98. The van der Waals surface area contributed by atoms with Crippen LogP contribution in [-0.4, -0.2) is 41.2 Å². The highest BCUT2D eigenvalue weighted by Crippen LogP contribution is 2.26. The van der Waals surface area contributed by atoms with Crippen LogP contribution in [0.2, 0.25) is 0 Å².